The average molecular weight is 241 g/mol. The fraction of sp³-hybridized carbons (Fsp3) is 1.00. The third-order valence-electron chi connectivity index (χ3n) is 5.23. The highest BCUT2D eigenvalue weighted by atomic mass is 35.5. The summed E-state index contributed by atoms with van der Waals surface area (Å²) < 4.78 is 0. The Balaban J connectivity index is 0.000000845. The molecular formula is C10H22Cl2N2. The van der Waals surface area contributed by atoms with E-state index in [-0.39, 0.29) is 24.8 Å². The van der Waals surface area contributed by atoms with Gasteiger partial charge < -0.3 is 36.3 Å². The quantitative estimate of drug-likeness (QED) is 0.424. The maximum absolute atomic E-state index is 4.31. The van der Waals surface area contributed by atoms with Crippen molar-refractivity contribution in [1.29, 1.82) is 0 Å². The van der Waals surface area contributed by atoms with Crippen LogP contribution in [0.1, 0.15) is 33.6 Å². The summed E-state index contributed by atoms with van der Waals surface area (Å²) in [5.74, 6) is 0.824. The second-order valence-electron chi connectivity index (χ2n) is 5.55. The largest absolute Gasteiger partial charge is 1.00 e. The summed E-state index contributed by atoms with van der Waals surface area (Å²) >= 11 is 0. The number of rotatable bonds is 0. The van der Waals surface area contributed by atoms with Gasteiger partial charge in [-0.2, -0.15) is 0 Å². The zero-order chi connectivity index (χ0) is 9.15. The van der Waals surface area contributed by atoms with Crippen LogP contribution in [0.25, 0.3) is 0 Å². The van der Waals surface area contributed by atoms with Crippen LogP contribution in [0, 0.1) is 16.7 Å². The van der Waals surface area contributed by atoms with Gasteiger partial charge in [0.2, 0.25) is 0 Å². The van der Waals surface area contributed by atoms with E-state index in [2.05, 4.69) is 32.2 Å². The van der Waals surface area contributed by atoms with Crippen LogP contribution in [-0.4, -0.2) is 12.1 Å². The highest BCUT2D eigenvalue weighted by Crippen LogP contribution is 2.63. The van der Waals surface area contributed by atoms with E-state index in [1.165, 1.54) is 12.8 Å². The second-order valence-corrected chi connectivity index (χ2v) is 5.55. The van der Waals surface area contributed by atoms with Gasteiger partial charge in [-0.3, -0.25) is 0 Å². The SMILES string of the molecule is CC1(C)[C@@H]2CC[C@@]1(C)[C@H]([NH3+])[C@@H]2[NH3+].[Cl-].[Cl-]. The summed E-state index contributed by atoms with van der Waals surface area (Å²) in [6.45, 7) is 7.23. The molecule has 2 fully saturated rings. The van der Waals surface area contributed by atoms with Crippen LogP contribution in [-0.2, 0) is 0 Å². The summed E-state index contributed by atoms with van der Waals surface area (Å²) in [5, 5.41) is 0. The minimum absolute atomic E-state index is 0. The van der Waals surface area contributed by atoms with E-state index in [0.29, 0.717) is 22.9 Å². The predicted octanol–water partition coefficient (Wildman–Crippen LogP) is -6.33. The lowest BCUT2D eigenvalue weighted by Crippen LogP contribution is -3.00. The van der Waals surface area contributed by atoms with E-state index in [1.807, 2.05) is 0 Å². The molecule has 0 aromatic heterocycles. The van der Waals surface area contributed by atoms with Crippen LogP contribution < -0.4 is 36.3 Å². The van der Waals surface area contributed by atoms with Gasteiger partial charge in [-0.1, -0.05) is 20.8 Å². The van der Waals surface area contributed by atoms with Crippen LogP contribution in [0.4, 0.5) is 0 Å². The Morgan fingerprint density at radius 3 is 1.79 bits per heavy atom. The molecule has 0 aromatic carbocycles. The summed E-state index contributed by atoms with van der Waals surface area (Å²) in [6.07, 6.45) is 2.74. The first-order valence-corrected chi connectivity index (χ1v) is 5.07. The highest BCUT2D eigenvalue weighted by molar-refractivity contribution is 5.13. The molecule has 2 rings (SSSR count). The molecule has 0 unspecified atom stereocenters. The van der Waals surface area contributed by atoms with Gasteiger partial charge in [0, 0.05) is 11.3 Å². The molecule has 0 radical (unpaired) electrons. The minimum Gasteiger partial charge on any atom is -1.00 e. The minimum atomic E-state index is 0. The molecule has 0 amide bonds. The van der Waals surface area contributed by atoms with Crippen molar-refractivity contribution >= 4 is 0 Å². The Morgan fingerprint density at radius 2 is 1.57 bits per heavy atom. The van der Waals surface area contributed by atoms with E-state index in [9.17, 15) is 0 Å². The first-order valence-electron chi connectivity index (χ1n) is 5.07. The Morgan fingerprint density at radius 1 is 1.07 bits per heavy atom. The molecule has 2 aliphatic rings. The van der Waals surface area contributed by atoms with Crippen molar-refractivity contribution < 1.29 is 36.3 Å². The topological polar surface area (TPSA) is 55.3 Å². The molecule has 0 saturated heterocycles. The van der Waals surface area contributed by atoms with Gasteiger partial charge >= 0.3 is 0 Å². The van der Waals surface area contributed by atoms with Crippen LogP contribution in [0.2, 0.25) is 0 Å². The van der Waals surface area contributed by atoms with Crippen LogP contribution in [0.5, 0.6) is 0 Å². The van der Waals surface area contributed by atoms with Crippen molar-refractivity contribution in [2.45, 2.75) is 45.7 Å². The lowest BCUT2D eigenvalue weighted by atomic mass is 9.69. The molecule has 4 heteroatoms. The summed E-state index contributed by atoms with van der Waals surface area (Å²) in [6, 6.07) is 1.17. The van der Waals surface area contributed by atoms with Crippen molar-refractivity contribution in [3.8, 4) is 0 Å². The Labute approximate surface area is 99.0 Å². The third-order valence-corrected chi connectivity index (χ3v) is 5.23. The number of halogens is 2. The summed E-state index contributed by atoms with van der Waals surface area (Å²) in [4.78, 5) is 0. The summed E-state index contributed by atoms with van der Waals surface area (Å²) in [7, 11) is 0. The second kappa shape index (κ2) is 3.82. The lowest BCUT2D eigenvalue weighted by molar-refractivity contribution is -0.543. The van der Waals surface area contributed by atoms with Gasteiger partial charge in [-0.15, -0.1) is 0 Å². The maximum atomic E-state index is 4.31. The molecule has 2 nitrogen and oxygen atoms in total. The molecule has 2 bridgehead atoms. The van der Waals surface area contributed by atoms with E-state index in [4.69, 9.17) is 0 Å². The molecular weight excluding hydrogens is 219 g/mol. The number of quaternary nitrogens is 2. The molecule has 2 aliphatic carbocycles. The standard InChI is InChI=1S/C10H20N2.2ClH/c1-9(2)6-4-5-10(9,3)8(12)7(6)11;;/h6-8H,4-5,11-12H2,1-3H3;2*1H/t6-,7-,8-,10+;;/m1../s1. The third kappa shape index (κ3) is 1.31. The van der Waals surface area contributed by atoms with Crippen LogP contribution in [0.15, 0.2) is 0 Å². The van der Waals surface area contributed by atoms with Gasteiger partial charge in [0.15, 0.2) is 0 Å². The van der Waals surface area contributed by atoms with Gasteiger partial charge in [0.25, 0.3) is 0 Å². The zero-order valence-electron chi connectivity index (χ0n) is 9.32. The van der Waals surface area contributed by atoms with E-state index in [1.54, 1.807) is 0 Å². The van der Waals surface area contributed by atoms with E-state index >= 15 is 0 Å². The van der Waals surface area contributed by atoms with Crippen molar-refractivity contribution in [2.24, 2.45) is 16.7 Å². The van der Waals surface area contributed by atoms with E-state index in [0.717, 1.165) is 5.92 Å². The van der Waals surface area contributed by atoms with E-state index < -0.39 is 0 Å². The smallest absolute Gasteiger partial charge is 0.143 e. The molecule has 86 valence electrons. The molecule has 0 heterocycles. The predicted molar refractivity (Wildman–Crippen MR) is 48.0 cm³/mol. The Hall–Kier alpha value is 0.500. The van der Waals surface area contributed by atoms with Crippen molar-refractivity contribution in [1.82, 2.24) is 0 Å². The average Bonchev–Trinajstić information content (AvgIpc) is 2.26. The Bertz CT molecular complexity index is 220. The molecule has 0 aliphatic heterocycles. The van der Waals surface area contributed by atoms with Gasteiger partial charge in [-0.25, -0.2) is 0 Å². The lowest BCUT2D eigenvalue weighted by Gasteiger charge is -2.34. The number of hydrogen-bond donors (Lipinski definition) is 2. The number of hydrogen-bond acceptors (Lipinski definition) is 0. The molecule has 2 saturated carbocycles. The summed E-state index contributed by atoms with van der Waals surface area (Å²) in [5.41, 5.74) is 9.53. The number of fused-ring (bicyclic) bond motifs is 2. The zero-order valence-corrected chi connectivity index (χ0v) is 10.8. The van der Waals surface area contributed by atoms with Gasteiger partial charge in [0.05, 0.1) is 0 Å². The Kier molecular flexibility index (Phi) is 3.96. The molecule has 6 N–H and O–H groups in total. The van der Waals surface area contributed by atoms with Gasteiger partial charge in [0.1, 0.15) is 12.1 Å². The van der Waals surface area contributed by atoms with Gasteiger partial charge in [-0.05, 0) is 18.3 Å². The normalized spacial score (nSPS) is 48.2. The molecule has 0 aromatic rings. The van der Waals surface area contributed by atoms with Crippen molar-refractivity contribution in [2.75, 3.05) is 0 Å². The fourth-order valence-corrected chi connectivity index (χ4v) is 3.73. The van der Waals surface area contributed by atoms with Crippen molar-refractivity contribution in [3.05, 3.63) is 0 Å². The molecule has 4 atom stereocenters. The molecule has 0 spiro atoms. The van der Waals surface area contributed by atoms with Crippen LogP contribution in [0.3, 0.4) is 0 Å². The van der Waals surface area contributed by atoms with Crippen LogP contribution >= 0.6 is 0 Å². The fourth-order valence-electron chi connectivity index (χ4n) is 3.73. The highest BCUT2D eigenvalue weighted by Gasteiger charge is 2.68. The monoisotopic (exact) mass is 240 g/mol. The first-order chi connectivity index (χ1) is 5.41. The van der Waals surface area contributed by atoms with Crippen molar-refractivity contribution in [3.63, 3.8) is 0 Å². The maximum Gasteiger partial charge on any atom is 0.143 e. The molecule has 14 heavy (non-hydrogen) atoms. The first kappa shape index (κ1) is 14.5.